The number of piperidine rings is 1. The Morgan fingerprint density at radius 2 is 2.08 bits per heavy atom. The van der Waals surface area contributed by atoms with Gasteiger partial charge in [-0.05, 0) is 38.8 Å². The monoisotopic (exact) mass is 170 g/mol. The van der Waals surface area contributed by atoms with Crippen LogP contribution in [0.15, 0.2) is 0 Å². The Hall–Kier alpha value is -0.120. The summed E-state index contributed by atoms with van der Waals surface area (Å²) in [6, 6.07) is 0. The lowest BCUT2D eigenvalue weighted by Gasteiger charge is -2.38. The van der Waals surface area contributed by atoms with Crippen LogP contribution in [-0.2, 0) is 4.74 Å². The van der Waals surface area contributed by atoms with E-state index in [0.29, 0.717) is 6.10 Å². The maximum absolute atomic E-state index is 6.30. The van der Waals surface area contributed by atoms with E-state index in [-0.39, 0.29) is 5.54 Å². The molecule has 0 aromatic carbocycles. The molecule has 1 unspecified atom stereocenters. The number of hydrogen-bond donors (Lipinski definition) is 2. The molecule has 2 rings (SSSR count). The van der Waals surface area contributed by atoms with Crippen LogP contribution in [0, 0.1) is 0 Å². The van der Waals surface area contributed by atoms with Crippen molar-refractivity contribution in [1.82, 2.24) is 5.32 Å². The lowest BCUT2D eigenvalue weighted by atomic mass is 9.83. The summed E-state index contributed by atoms with van der Waals surface area (Å²) in [5.41, 5.74) is 6.27. The lowest BCUT2D eigenvalue weighted by molar-refractivity contribution is 0.0317. The lowest BCUT2D eigenvalue weighted by Crippen LogP contribution is -2.56. The van der Waals surface area contributed by atoms with E-state index in [1.54, 1.807) is 0 Å². The number of hydrogen-bond acceptors (Lipinski definition) is 3. The number of nitrogens with one attached hydrogen (secondary N) is 1. The van der Waals surface area contributed by atoms with Crippen molar-refractivity contribution < 1.29 is 4.74 Å². The number of rotatable bonds is 1. The highest BCUT2D eigenvalue weighted by Crippen LogP contribution is 2.28. The van der Waals surface area contributed by atoms with E-state index in [1.807, 2.05) is 0 Å². The average molecular weight is 170 g/mol. The van der Waals surface area contributed by atoms with Crippen molar-refractivity contribution >= 4 is 0 Å². The Morgan fingerprint density at radius 3 is 2.67 bits per heavy atom. The first kappa shape index (κ1) is 8.48. The molecule has 0 saturated carbocycles. The molecule has 2 aliphatic rings. The maximum Gasteiger partial charge on any atom is 0.0756 e. The van der Waals surface area contributed by atoms with Gasteiger partial charge in [0.2, 0.25) is 0 Å². The van der Waals surface area contributed by atoms with Crippen LogP contribution in [-0.4, -0.2) is 31.3 Å². The molecule has 1 atom stereocenters. The first-order chi connectivity index (χ1) is 5.81. The molecule has 0 amide bonds. The third-order valence-corrected chi connectivity index (χ3v) is 3.11. The zero-order valence-electron chi connectivity index (χ0n) is 7.51. The Kier molecular flexibility index (Phi) is 2.35. The number of nitrogens with two attached hydrogens (primary N) is 1. The van der Waals surface area contributed by atoms with Gasteiger partial charge in [-0.2, -0.15) is 0 Å². The fourth-order valence-electron chi connectivity index (χ4n) is 2.25. The van der Waals surface area contributed by atoms with Gasteiger partial charge in [0, 0.05) is 12.1 Å². The Bertz CT molecular complexity index is 149. The Morgan fingerprint density at radius 1 is 1.33 bits per heavy atom. The van der Waals surface area contributed by atoms with Gasteiger partial charge in [0.05, 0.1) is 6.10 Å². The van der Waals surface area contributed by atoms with Gasteiger partial charge < -0.3 is 15.8 Å². The molecule has 3 heteroatoms. The van der Waals surface area contributed by atoms with Gasteiger partial charge in [0.1, 0.15) is 0 Å². The molecule has 0 aromatic rings. The summed E-state index contributed by atoms with van der Waals surface area (Å²) >= 11 is 0. The maximum atomic E-state index is 6.30. The second kappa shape index (κ2) is 3.32. The van der Waals surface area contributed by atoms with Gasteiger partial charge in [-0.1, -0.05) is 0 Å². The average Bonchev–Trinajstić information content (AvgIpc) is 2.58. The minimum Gasteiger partial charge on any atom is -0.376 e. The van der Waals surface area contributed by atoms with E-state index in [1.165, 1.54) is 6.42 Å². The molecule has 0 aliphatic carbocycles. The predicted octanol–water partition coefficient (Wildman–Crippen LogP) is 0.246. The standard InChI is InChI=1S/C9H18N2O/c10-9(3-5-11-6-4-9)8-2-1-7-12-8/h8,11H,1-7,10H2. The third-order valence-electron chi connectivity index (χ3n) is 3.11. The van der Waals surface area contributed by atoms with E-state index in [4.69, 9.17) is 10.5 Å². The largest absolute Gasteiger partial charge is 0.376 e. The van der Waals surface area contributed by atoms with Crippen molar-refractivity contribution in [3.63, 3.8) is 0 Å². The normalized spacial score (nSPS) is 35.2. The highest BCUT2D eigenvalue weighted by atomic mass is 16.5. The highest BCUT2D eigenvalue weighted by molar-refractivity contribution is 4.97. The topological polar surface area (TPSA) is 47.3 Å². The van der Waals surface area contributed by atoms with Crippen molar-refractivity contribution in [2.45, 2.75) is 37.3 Å². The second-order valence-corrected chi connectivity index (χ2v) is 3.98. The van der Waals surface area contributed by atoms with Crippen molar-refractivity contribution in [2.24, 2.45) is 5.73 Å². The summed E-state index contributed by atoms with van der Waals surface area (Å²) < 4.78 is 5.64. The highest BCUT2D eigenvalue weighted by Gasteiger charge is 2.38. The SMILES string of the molecule is NC1(C2CCCO2)CCNCC1. The van der Waals surface area contributed by atoms with Crippen LogP contribution in [0.25, 0.3) is 0 Å². The zero-order chi connectivity index (χ0) is 8.44. The quantitative estimate of drug-likeness (QED) is 0.593. The van der Waals surface area contributed by atoms with Crippen molar-refractivity contribution in [1.29, 1.82) is 0 Å². The van der Waals surface area contributed by atoms with Gasteiger partial charge in [-0.25, -0.2) is 0 Å². The van der Waals surface area contributed by atoms with Gasteiger partial charge in [-0.3, -0.25) is 0 Å². The van der Waals surface area contributed by atoms with Crippen molar-refractivity contribution in [3.05, 3.63) is 0 Å². The Balaban J connectivity index is 1.97. The van der Waals surface area contributed by atoms with E-state index in [2.05, 4.69) is 5.32 Å². The van der Waals surface area contributed by atoms with Gasteiger partial charge in [0.15, 0.2) is 0 Å². The fraction of sp³-hybridized carbons (Fsp3) is 1.00. The molecule has 0 bridgehead atoms. The molecule has 2 fully saturated rings. The summed E-state index contributed by atoms with van der Waals surface area (Å²) in [6.07, 6.45) is 4.82. The molecular weight excluding hydrogens is 152 g/mol. The van der Waals surface area contributed by atoms with E-state index in [0.717, 1.165) is 39.0 Å². The third kappa shape index (κ3) is 1.49. The van der Waals surface area contributed by atoms with Crippen LogP contribution >= 0.6 is 0 Å². The smallest absolute Gasteiger partial charge is 0.0756 e. The molecular formula is C9H18N2O. The molecule has 70 valence electrons. The van der Waals surface area contributed by atoms with E-state index < -0.39 is 0 Å². The van der Waals surface area contributed by atoms with Gasteiger partial charge in [-0.15, -0.1) is 0 Å². The Labute approximate surface area is 73.7 Å². The van der Waals surface area contributed by atoms with E-state index >= 15 is 0 Å². The molecule has 0 spiro atoms. The predicted molar refractivity (Wildman–Crippen MR) is 48.0 cm³/mol. The molecule has 3 N–H and O–H groups in total. The van der Waals surface area contributed by atoms with Gasteiger partial charge in [0.25, 0.3) is 0 Å². The second-order valence-electron chi connectivity index (χ2n) is 3.98. The summed E-state index contributed by atoms with van der Waals surface area (Å²) in [6.45, 7) is 3.02. The molecule has 2 heterocycles. The van der Waals surface area contributed by atoms with Crippen molar-refractivity contribution in [2.75, 3.05) is 19.7 Å². The summed E-state index contributed by atoms with van der Waals surface area (Å²) in [5.74, 6) is 0. The molecule has 0 radical (unpaired) electrons. The minimum atomic E-state index is -0.0260. The summed E-state index contributed by atoms with van der Waals surface area (Å²) in [4.78, 5) is 0. The first-order valence-electron chi connectivity index (χ1n) is 4.92. The summed E-state index contributed by atoms with van der Waals surface area (Å²) in [7, 11) is 0. The van der Waals surface area contributed by atoms with Gasteiger partial charge >= 0.3 is 0 Å². The van der Waals surface area contributed by atoms with E-state index in [9.17, 15) is 0 Å². The molecule has 2 aliphatic heterocycles. The molecule has 2 saturated heterocycles. The zero-order valence-corrected chi connectivity index (χ0v) is 7.51. The molecule has 3 nitrogen and oxygen atoms in total. The molecule has 0 aromatic heterocycles. The number of ether oxygens (including phenoxy) is 1. The van der Waals surface area contributed by atoms with Crippen LogP contribution in [0.3, 0.4) is 0 Å². The van der Waals surface area contributed by atoms with Crippen LogP contribution in [0.5, 0.6) is 0 Å². The first-order valence-corrected chi connectivity index (χ1v) is 4.92. The van der Waals surface area contributed by atoms with Crippen LogP contribution in [0.4, 0.5) is 0 Å². The van der Waals surface area contributed by atoms with Crippen molar-refractivity contribution in [3.8, 4) is 0 Å². The summed E-state index contributed by atoms with van der Waals surface area (Å²) in [5, 5.41) is 3.33. The van der Waals surface area contributed by atoms with Crippen LogP contribution < -0.4 is 11.1 Å². The fourth-order valence-corrected chi connectivity index (χ4v) is 2.25. The van der Waals surface area contributed by atoms with Crippen LogP contribution in [0.1, 0.15) is 25.7 Å². The van der Waals surface area contributed by atoms with Crippen LogP contribution in [0.2, 0.25) is 0 Å². The minimum absolute atomic E-state index is 0.0260. The molecule has 12 heavy (non-hydrogen) atoms.